The number of nitrogens with two attached hydrogens (primary N) is 1. The third-order valence-corrected chi connectivity index (χ3v) is 3.65. The molecule has 1 aliphatic carbocycles. The molecule has 0 aromatic rings. The first-order valence-electron chi connectivity index (χ1n) is 5.77. The lowest BCUT2D eigenvalue weighted by Crippen LogP contribution is -2.41. The van der Waals surface area contributed by atoms with Crippen molar-refractivity contribution < 1.29 is 0 Å². The minimum atomic E-state index is 0.348. The molecule has 0 aromatic heterocycles. The fraction of sp³-hybridized carbons (Fsp3) is 1.00. The second-order valence-corrected chi connectivity index (χ2v) is 4.87. The average Bonchev–Trinajstić information content (AvgIpc) is 2.48. The zero-order valence-corrected chi connectivity index (χ0v) is 8.71. The topological polar surface area (TPSA) is 29.3 Å². The van der Waals surface area contributed by atoms with E-state index in [-0.39, 0.29) is 0 Å². The van der Waals surface area contributed by atoms with E-state index in [9.17, 15) is 0 Å². The van der Waals surface area contributed by atoms with E-state index < -0.39 is 0 Å². The Morgan fingerprint density at radius 1 is 1.31 bits per heavy atom. The highest BCUT2D eigenvalue weighted by Gasteiger charge is 2.35. The molecule has 3 unspecified atom stereocenters. The maximum Gasteiger partial charge on any atom is 0.0139 e. The van der Waals surface area contributed by atoms with E-state index >= 15 is 0 Å². The third kappa shape index (κ3) is 2.05. The Hall–Kier alpha value is -0.0800. The second-order valence-electron chi connectivity index (χ2n) is 4.87. The molecule has 1 heterocycles. The van der Waals surface area contributed by atoms with Gasteiger partial charge in [0.15, 0.2) is 0 Å². The van der Waals surface area contributed by atoms with E-state index in [2.05, 4.69) is 11.8 Å². The fourth-order valence-electron chi connectivity index (χ4n) is 3.10. The summed E-state index contributed by atoms with van der Waals surface area (Å²) in [5, 5.41) is 0. The normalized spacial score (nSPS) is 37.4. The molecule has 1 saturated heterocycles. The molecule has 0 aromatic carbocycles. The molecular formula is C11H22N2. The third-order valence-electron chi connectivity index (χ3n) is 3.65. The highest BCUT2D eigenvalue weighted by atomic mass is 15.2. The maximum absolute atomic E-state index is 5.85. The monoisotopic (exact) mass is 182 g/mol. The molecule has 76 valence electrons. The molecule has 0 spiro atoms. The molecule has 13 heavy (non-hydrogen) atoms. The Morgan fingerprint density at radius 2 is 2.08 bits per heavy atom. The van der Waals surface area contributed by atoms with Crippen molar-refractivity contribution in [3.05, 3.63) is 0 Å². The molecule has 0 radical (unpaired) electrons. The van der Waals surface area contributed by atoms with Crippen LogP contribution < -0.4 is 5.73 Å². The van der Waals surface area contributed by atoms with Crippen LogP contribution in [0.15, 0.2) is 0 Å². The molecule has 2 nitrogen and oxygen atoms in total. The van der Waals surface area contributed by atoms with Crippen molar-refractivity contribution in [1.29, 1.82) is 0 Å². The first kappa shape index (κ1) is 9.47. The van der Waals surface area contributed by atoms with Gasteiger partial charge in [0.2, 0.25) is 0 Å². The first-order valence-corrected chi connectivity index (χ1v) is 5.77. The fourth-order valence-corrected chi connectivity index (χ4v) is 3.10. The number of fused-ring (bicyclic) bond motifs is 1. The summed E-state index contributed by atoms with van der Waals surface area (Å²) in [6.07, 6.45) is 7.23. The number of hydrogen-bond donors (Lipinski definition) is 1. The first-order chi connectivity index (χ1) is 6.27. The van der Waals surface area contributed by atoms with E-state index in [4.69, 9.17) is 5.73 Å². The molecule has 1 saturated carbocycles. The summed E-state index contributed by atoms with van der Waals surface area (Å²) in [5.41, 5.74) is 5.85. The number of hydrogen-bond acceptors (Lipinski definition) is 2. The lowest BCUT2D eigenvalue weighted by molar-refractivity contribution is 0.176. The van der Waals surface area contributed by atoms with Crippen LogP contribution in [0.3, 0.4) is 0 Å². The molecule has 2 N–H and O–H groups in total. The summed E-state index contributed by atoms with van der Waals surface area (Å²) < 4.78 is 0. The summed E-state index contributed by atoms with van der Waals surface area (Å²) >= 11 is 0. The van der Waals surface area contributed by atoms with Crippen molar-refractivity contribution in [2.45, 2.75) is 51.1 Å². The molecule has 2 heteroatoms. The Morgan fingerprint density at radius 3 is 2.85 bits per heavy atom. The van der Waals surface area contributed by atoms with Crippen LogP contribution in [0, 0.1) is 5.92 Å². The van der Waals surface area contributed by atoms with Crippen LogP contribution in [0.2, 0.25) is 0 Å². The molecule has 0 amide bonds. The van der Waals surface area contributed by atoms with Crippen molar-refractivity contribution in [2.75, 3.05) is 13.1 Å². The van der Waals surface area contributed by atoms with Gasteiger partial charge < -0.3 is 5.73 Å². The average molecular weight is 182 g/mol. The second kappa shape index (κ2) is 3.97. The highest BCUT2D eigenvalue weighted by Crippen LogP contribution is 2.35. The minimum absolute atomic E-state index is 0.348. The van der Waals surface area contributed by atoms with Gasteiger partial charge in [0.1, 0.15) is 0 Å². The Kier molecular flexibility index (Phi) is 2.89. The van der Waals surface area contributed by atoms with E-state index in [0.717, 1.165) is 18.5 Å². The van der Waals surface area contributed by atoms with Crippen LogP contribution in [-0.2, 0) is 0 Å². The van der Waals surface area contributed by atoms with Gasteiger partial charge >= 0.3 is 0 Å². The van der Waals surface area contributed by atoms with Gasteiger partial charge in [-0.3, -0.25) is 4.90 Å². The number of nitrogens with zero attached hydrogens (tertiary/aromatic N) is 1. The van der Waals surface area contributed by atoms with Crippen molar-refractivity contribution in [1.82, 2.24) is 4.90 Å². The van der Waals surface area contributed by atoms with Gasteiger partial charge in [0.05, 0.1) is 0 Å². The van der Waals surface area contributed by atoms with Crippen LogP contribution in [0.5, 0.6) is 0 Å². The van der Waals surface area contributed by atoms with Crippen molar-refractivity contribution in [3.8, 4) is 0 Å². The molecule has 2 rings (SSSR count). The van der Waals surface area contributed by atoms with Gasteiger partial charge in [-0.25, -0.2) is 0 Å². The zero-order chi connectivity index (χ0) is 9.26. The van der Waals surface area contributed by atoms with Crippen molar-refractivity contribution >= 4 is 0 Å². The van der Waals surface area contributed by atoms with Gasteiger partial charge in [-0.15, -0.1) is 0 Å². The van der Waals surface area contributed by atoms with Gasteiger partial charge in [-0.1, -0.05) is 12.8 Å². The zero-order valence-electron chi connectivity index (χ0n) is 8.71. The summed E-state index contributed by atoms with van der Waals surface area (Å²) in [5.74, 6) is 1.01. The van der Waals surface area contributed by atoms with E-state index in [0.29, 0.717) is 6.04 Å². The van der Waals surface area contributed by atoms with E-state index in [1.165, 1.54) is 38.6 Å². The van der Waals surface area contributed by atoms with Gasteiger partial charge in [-0.05, 0) is 38.6 Å². The van der Waals surface area contributed by atoms with Crippen molar-refractivity contribution in [3.63, 3.8) is 0 Å². The lowest BCUT2D eigenvalue weighted by Gasteiger charge is -2.32. The predicted octanol–water partition coefficient (Wildman–Crippen LogP) is 1.60. The summed E-state index contributed by atoms with van der Waals surface area (Å²) in [7, 11) is 0. The molecule has 0 bridgehead atoms. The van der Waals surface area contributed by atoms with Gasteiger partial charge in [-0.2, -0.15) is 0 Å². The molecule has 2 fully saturated rings. The largest absolute Gasteiger partial charge is 0.327 e. The molecular weight excluding hydrogens is 160 g/mol. The van der Waals surface area contributed by atoms with Crippen LogP contribution in [0.25, 0.3) is 0 Å². The predicted molar refractivity (Wildman–Crippen MR) is 55.6 cm³/mol. The van der Waals surface area contributed by atoms with Crippen LogP contribution in [0.1, 0.15) is 39.0 Å². The Balaban J connectivity index is 1.91. The number of rotatable bonds is 2. The van der Waals surface area contributed by atoms with Crippen LogP contribution in [0.4, 0.5) is 0 Å². The Bertz CT molecular complexity index is 167. The van der Waals surface area contributed by atoms with Crippen molar-refractivity contribution in [2.24, 2.45) is 11.7 Å². The van der Waals surface area contributed by atoms with Gasteiger partial charge in [0, 0.05) is 18.6 Å². The summed E-state index contributed by atoms with van der Waals surface area (Å²) in [6, 6.07) is 1.24. The molecule has 3 atom stereocenters. The summed E-state index contributed by atoms with van der Waals surface area (Å²) in [6.45, 7) is 4.54. The quantitative estimate of drug-likeness (QED) is 0.703. The molecule has 1 aliphatic heterocycles. The molecule has 2 aliphatic rings. The van der Waals surface area contributed by atoms with Crippen LogP contribution >= 0.6 is 0 Å². The highest BCUT2D eigenvalue weighted by molar-refractivity contribution is 4.90. The Labute approximate surface area is 81.5 Å². The standard InChI is InChI=1S/C11H22N2/c1-9(12)8-13-7-6-10-4-2-3-5-11(10)13/h9-11H,2-8,12H2,1H3. The van der Waals surface area contributed by atoms with E-state index in [1.807, 2.05) is 0 Å². The van der Waals surface area contributed by atoms with E-state index in [1.54, 1.807) is 0 Å². The van der Waals surface area contributed by atoms with Crippen LogP contribution in [-0.4, -0.2) is 30.1 Å². The van der Waals surface area contributed by atoms with Gasteiger partial charge in [0.25, 0.3) is 0 Å². The maximum atomic E-state index is 5.85. The SMILES string of the molecule is CC(N)CN1CCC2CCCCC21. The minimum Gasteiger partial charge on any atom is -0.327 e. The number of likely N-dealkylation sites (tertiary alicyclic amines) is 1. The lowest BCUT2D eigenvalue weighted by atomic mass is 9.85. The smallest absolute Gasteiger partial charge is 0.0139 e. The summed E-state index contributed by atoms with van der Waals surface area (Å²) in [4.78, 5) is 2.63.